The van der Waals surface area contributed by atoms with Gasteiger partial charge in [0.15, 0.2) is 5.76 Å². The van der Waals surface area contributed by atoms with Crippen molar-refractivity contribution in [2.75, 3.05) is 5.32 Å². The number of benzene rings is 1. The van der Waals surface area contributed by atoms with Crippen LogP contribution in [0.2, 0.25) is 0 Å². The molecule has 2 aromatic rings. The van der Waals surface area contributed by atoms with Crippen LogP contribution in [0.3, 0.4) is 0 Å². The van der Waals surface area contributed by atoms with Crippen LogP contribution in [0.5, 0.6) is 0 Å². The smallest absolute Gasteiger partial charge is 0.371 e. The van der Waals surface area contributed by atoms with E-state index in [0.29, 0.717) is 0 Å². The summed E-state index contributed by atoms with van der Waals surface area (Å²) in [7, 11) is 0. The third kappa shape index (κ3) is 2.64. The van der Waals surface area contributed by atoms with Crippen molar-refractivity contribution in [2.24, 2.45) is 0 Å². The Balaban J connectivity index is 2.19. The fraction of sp³-hybridized carbons (Fsp3) is 0. The highest BCUT2D eigenvalue weighted by atomic mass is 19.1. The molecule has 0 saturated heterocycles. The van der Waals surface area contributed by atoms with Gasteiger partial charge in [0.25, 0.3) is 5.91 Å². The van der Waals surface area contributed by atoms with Gasteiger partial charge in [-0.15, -0.1) is 0 Å². The van der Waals surface area contributed by atoms with Crippen LogP contribution in [0.25, 0.3) is 0 Å². The summed E-state index contributed by atoms with van der Waals surface area (Å²) in [5.41, 5.74) is -0.0195. The lowest BCUT2D eigenvalue weighted by Crippen LogP contribution is -2.12. The monoisotopic (exact) mass is 274 g/mol. The van der Waals surface area contributed by atoms with Crippen LogP contribution in [0.1, 0.15) is 26.7 Å². The summed E-state index contributed by atoms with van der Waals surface area (Å²) in [6, 6.07) is 7.58. The summed E-state index contributed by atoms with van der Waals surface area (Å²) in [6.45, 7) is 0. The molecule has 0 fully saturated rings. The lowest BCUT2D eigenvalue weighted by Gasteiger charge is -2.04. The minimum atomic E-state index is -1.31. The van der Waals surface area contributed by atoms with Gasteiger partial charge >= 0.3 is 5.97 Å². The predicted octanol–water partition coefficient (Wildman–Crippen LogP) is 2.24. The van der Waals surface area contributed by atoms with Crippen molar-refractivity contribution in [2.45, 2.75) is 0 Å². The van der Waals surface area contributed by atoms with E-state index >= 15 is 0 Å². The molecule has 6 nitrogen and oxygen atoms in total. The highest BCUT2D eigenvalue weighted by molar-refractivity contribution is 6.03. The number of amides is 1. The SMILES string of the molecule is N#Cc1ccc(NC(=O)c2ccc(C(=O)O)o2)c(F)c1. The normalized spacial score (nSPS) is 9.80. The van der Waals surface area contributed by atoms with Gasteiger partial charge in [-0.3, -0.25) is 4.79 Å². The summed E-state index contributed by atoms with van der Waals surface area (Å²) in [6.07, 6.45) is 0. The number of carboxylic acids is 1. The Labute approximate surface area is 112 Å². The summed E-state index contributed by atoms with van der Waals surface area (Å²) in [5.74, 6) is -3.53. The standard InChI is InChI=1S/C13H7FN2O4/c14-8-5-7(6-15)1-2-9(8)16-12(17)10-3-4-11(20-10)13(18)19/h1-5H,(H,16,17)(H,18,19). The van der Waals surface area contributed by atoms with Crippen LogP contribution in [-0.2, 0) is 0 Å². The summed E-state index contributed by atoms with van der Waals surface area (Å²) in [4.78, 5) is 22.3. The maximum Gasteiger partial charge on any atom is 0.371 e. The maximum absolute atomic E-state index is 13.6. The number of anilines is 1. The van der Waals surface area contributed by atoms with Crippen molar-refractivity contribution in [3.8, 4) is 6.07 Å². The number of halogens is 1. The van der Waals surface area contributed by atoms with Gasteiger partial charge < -0.3 is 14.8 Å². The second-order valence-electron chi connectivity index (χ2n) is 3.73. The molecule has 0 spiro atoms. The Hall–Kier alpha value is -3.14. The van der Waals surface area contributed by atoms with Crippen molar-refractivity contribution in [3.63, 3.8) is 0 Å². The Kier molecular flexibility index (Phi) is 3.48. The third-order valence-electron chi connectivity index (χ3n) is 2.39. The average molecular weight is 274 g/mol. The van der Waals surface area contributed by atoms with Crippen LogP contribution in [0, 0.1) is 17.1 Å². The summed E-state index contributed by atoms with van der Waals surface area (Å²) in [5, 5.41) is 19.5. The van der Waals surface area contributed by atoms with E-state index in [1.54, 1.807) is 6.07 Å². The lowest BCUT2D eigenvalue weighted by molar-refractivity contribution is 0.0660. The molecule has 0 radical (unpaired) electrons. The van der Waals surface area contributed by atoms with Gasteiger partial charge in [0, 0.05) is 0 Å². The van der Waals surface area contributed by atoms with Gasteiger partial charge in [-0.05, 0) is 30.3 Å². The molecule has 1 aromatic heterocycles. The second kappa shape index (κ2) is 5.24. The molecule has 0 bridgehead atoms. The van der Waals surface area contributed by atoms with Crippen molar-refractivity contribution in [3.05, 3.63) is 53.2 Å². The molecular weight excluding hydrogens is 267 g/mol. The number of aromatic carboxylic acids is 1. The molecule has 20 heavy (non-hydrogen) atoms. The number of rotatable bonds is 3. The van der Waals surface area contributed by atoms with Crippen molar-refractivity contribution >= 4 is 17.6 Å². The van der Waals surface area contributed by atoms with Gasteiger partial charge in [0.1, 0.15) is 5.82 Å². The van der Waals surface area contributed by atoms with Gasteiger partial charge in [0.2, 0.25) is 5.76 Å². The quantitative estimate of drug-likeness (QED) is 0.893. The van der Waals surface area contributed by atoms with Gasteiger partial charge in [-0.2, -0.15) is 5.26 Å². The number of carbonyl (C=O) groups excluding carboxylic acids is 1. The van der Waals surface area contributed by atoms with E-state index < -0.39 is 23.5 Å². The highest BCUT2D eigenvalue weighted by Crippen LogP contribution is 2.17. The molecule has 0 unspecified atom stereocenters. The first-order valence-corrected chi connectivity index (χ1v) is 5.35. The Morgan fingerprint density at radius 1 is 1.25 bits per heavy atom. The average Bonchev–Trinajstić information content (AvgIpc) is 2.91. The van der Waals surface area contributed by atoms with Crippen LogP contribution in [0.4, 0.5) is 10.1 Å². The molecule has 2 N–H and O–H groups in total. The van der Waals surface area contributed by atoms with E-state index in [0.717, 1.165) is 12.1 Å². The van der Waals surface area contributed by atoms with E-state index in [4.69, 9.17) is 14.8 Å². The zero-order valence-electron chi connectivity index (χ0n) is 9.88. The summed E-state index contributed by atoms with van der Waals surface area (Å²) >= 11 is 0. The van der Waals surface area contributed by atoms with Gasteiger partial charge in [-0.25, -0.2) is 9.18 Å². The Morgan fingerprint density at radius 2 is 1.95 bits per heavy atom. The predicted molar refractivity (Wildman–Crippen MR) is 64.7 cm³/mol. The first-order valence-electron chi connectivity index (χ1n) is 5.35. The van der Waals surface area contributed by atoms with Crippen molar-refractivity contribution in [1.82, 2.24) is 0 Å². The largest absolute Gasteiger partial charge is 0.475 e. The molecule has 1 heterocycles. The highest BCUT2D eigenvalue weighted by Gasteiger charge is 2.16. The minimum absolute atomic E-state index is 0.117. The van der Waals surface area contributed by atoms with E-state index in [2.05, 4.69) is 5.32 Å². The molecule has 100 valence electrons. The number of carboxylic acid groups (broad SMARTS) is 1. The molecule has 7 heteroatoms. The number of hydrogen-bond donors (Lipinski definition) is 2. The van der Waals surface area contributed by atoms with E-state index in [9.17, 15) is 14.0 Å². The first-order chi connectivity index (χ1) is 9.51. The second-order valence-corrected chi connectivity index (χ2v) is 3.73. The molecule has 0 aliphatic carbocycles. The molecular formula is C13H7FN2O4. The Morgan fingerprint density at radius 3 is 2.50 bits per heavy atom. The Bertz CT molecular complexity index is 730. The first kappa shape index (κ1) is 13.3. The number of hydrogen-bond acceptors (Lipinski definition) is 4. The fourth-order valence-corrected chi connectivity index (χ4v) is 1.44. The molecule has 0 aliphatic rings. The number of carbonyl (C=O) groups is 2. The zero-order valence-corrected chi connectivity index (χ0v) is 9.88. The van der Waals surface area contributed by atoms with Gasteiger partial charge in [-0.1, -0.05) is 0 Å². The van der Waals surface area contributed by atoms with Crippen LogP contribution < -0.4 is 5.32 Å². The maximum atomic E-state index is 13.6. The number of nitrogens with zero attached hydrogens (tertiary/aromatic N) is 1. The molecule has 0 aliphatic heterocycles. The number of nitrogens with one attached hydrogen (secondary N) is 1. The van der Waals surface area contributed by atoms with Crippen LogP contribution >= 0.6 is 0 Å². The van der Waals surface area contributed by atoms with Crippen LogP contribution in [0.15, 0.2) is 34.7 Å². The summed E-state index contributed by atoms with van der Waals surface area (Å²) < 4.78 is 18.3. The molecule has 0 saturated carbocycles. The number of nitriles is 1. The lowest BCUT2D eigenvalue weighted by atomic mass is 10.2. The zero-order chi connectivity index (χ0) is 14.7. The fourth-order valence-electron chi connectivity index (χ4n) is 1.44. The van der Waals surface area contributed by atoms with Crippen molar-refractivity contribution in [1.29, 1.82) is 5.26 Å². The molecule has 0 atom stereocenters. The third-order valence-corrected chi connectivity index (χ3v) is 2.39. The molecule has 1 amide bonds. The van der Waals surface area contributed by atoms with E-state index in [1.165, 1.54) is 18.2 Å². The topological polar surface area (TPSA) is 103 Å². The number of furan rings is 1. The van der Waals surface area contributed by atoms with E-state index in [1.807, 2.05) is 0 Å². The van der Waals surface area contributed by atoms with Gasteiger partial charge in [0.05, 0.1) is 17.3 Å². The van der Waals surface area contributed by atoms with E-state index in [-0.39, 0.29) is 17.0 Å². The van der Waals surface area contributed by atoms with Crippen LogP contribution in [-0.4, -0.2) is 17.0 Å². The minimum Gasteiger partial charge on any atom is -0.475 e. The molecule has 1 aromatic carbocycles. The molecule has 2 rings (SSSR count). The van der Waals surface area contributed by atoms with Crippen molar-refractivity contribution < 1.29 is 23.5 Å².